The molecule has 1 amide bonds. The van der Waals surface area contributed by atoms with E-state index in [1.165, 1.54) is 18.2 Å². The molecule has 9 heteroatoms. The number of amides is 1. The molecule has 0 aliphatic heterocycles. The first-order chi connectivity index (χ1) is 11.2. The van der Waals surface area contributed by atoms with Crippen LogP contribution in [0.25, 0.3) is 0 Å². The number of carboxylic acids is 1. The van der Waals surface area contributed by atoms with Crippen LogP contribution in [0.1, 0.15) is 30.6 Å². The van der Waals surface area contributed by atoms with Crippen molar-refractivity contribution in [3.05, 3.63) is 23.8 Å². The first-order valence-corrected chi connectivity index (χ1v) is 7.18. The third kappa shape index (κ3) is 5.98. The number of hydrogen-bond donors (Lipinski definition) is 2. The normalized spacial score (nSPS) is 12.4. The minimum absolute atomic E-state index is 0.0321. The van der Waals surface area contributed by atoms with Gasteiger partial charge in [-0.05, 0) is 32.0 Å². The minimum atomic E-state index is -4.72. The number of carboxylic acid groups (broad SMARTS) is 1. The highest BCUT2D eigenvalue weighted by molar-refractivity contribution is 5.97. The molecule has 0 saturated heterocycles. The van der Waals surface area contributed by atoms with Gasteiger partial charge in [-0.25, -0.2) is 4.79 Å². The van der Waals surface area contributed by atoms with Crippen molar-refractivity contribution in [3.8, 4) is 11.5 Å². The molecule has 0 bridgehead atoms. The molecule has 2 N–H and O–H groups in total. The Morgan fingerprint density at radius 3 is 2.25 bits per heavy atom. The molecule has 0 spiro atoms. The zero-order chi connectivity index (χ0) is 18.3. The molecule has 0 aliphatic carbocycles. The third-order valence-electron chi connectivity index (χ3n) is 2.84. The van der Waals surface area contributed by atoms with Crippen LogP contribution in [0.2, 0.25) is 0 Å². The fourth-order valence-electron chi connectivity index (χ4n) is 1.87. The van der Waals surface area contributed by atoms with Gasteiger partial charge in [0, 0.05) is 5.56 Å². The van der Waals surface area contributed by atoms with Crippen molar-refractivity contribution >= 4 is 11.9 Å². The molecule has 0 radical (unpaired) electrons. The quantitative estimate of drug-likeness (QED) is 0.754. The molecular formula is C15H18F3NO5. The van der Waals surface area contributed by atoms with Crippen molar-refractivity contribution in [2.24, 2.45) is 0 Å². The van der Waals surface area contributed by atoms with Crippen LogP contribution in [0, 0.1) is 0 Å². The number of carbonyl (C=O) groups is 2. The zero-order valence-electron chi connectivity index (χ0n) is 13.1. The molecule has 1 unspecified atom stereocenters. The van der Waals surface area contributed by atoms with Crippen molar-refractivity contribution in [2.45, 2.75) is 32.5 Å². The van der Waals surface area contributed by atoms with Gasteiger partial charge in [-0.1, -0.05) is 0 Å². The summed E-state index contributed by atoms with van der Waals surface area (Å²) in [6.45, 7) is 4.12. The van der Waals surface area contributed by atoms with E-state index in [9.17, 15) is 22.8 Å². The predicted octanol–water partition coefficient (Wildman–Crippen LogP) is 2.62. The summed E-state index contributed by atoms with van der Waals surface area (Å²) in [4.78, 5) is 22.9. The highest BCUT2D eigenvalue weighted by Crippen LogP contribution is 2.29. The summed E-state index contributed by atoms with van der Waals surface area (Å²) >= 11 is 0. The van der Waals surface area contributed by atoms with Gasteiger partial charge in [0.1, 0.15) is 6.04 Å². The molecule has 0 fully saturated rings. The van der Waals surface area contributed by atoms with Crippen molar-refractivity contribution in [1.82, 2.24) is 5.32 Å². The number of carbonyl (C=O) groups excluding carboxylic acids is 1. The summed E-state index contributed by atoms with van der Waals surface area (Å²) in [5, 5.41) is 10.7. The summed E-state index contributed by atoms with van der Waals surface area (Å²) in [5.74, 6) is -2.09. The summed E-state index contributed by atoms with van der Waals surface area (Å²) in [6, 6.07) is 1.97. The largest absolute Gasteiger partial charge is 0.490 e. The molecule has 0 saturated carbocycles. The number of benzene rings is 1. The van der Waals surface area contributed by atoms with Gasteiger partial charge in [0.05, 0.1) is 19.6 Å². The summed E-state index contributed by atoms with van der Waals surface area (Å²) in [7, 11) is 0. The van der Waals surface area contributed by atoms with Crippen LogP contribution in [0.4, 0.5) is 13.2 Å². The second-order valence-electron chi connectivity index (χ2n) is 4.71. The topological polar surface area (TPSA) is 84.9 Å². The zero-order valence-corrected chi connectivity index (χ0v) is 13.1. The molecule has 0 heterocycles. The SMILES string of the molecule is CCOc1ccc(C(=O)NC(CC(F)(F)F)C(=O)O)cc1OCC. The number of alkyl halides is 3. The average Bonchev–Trinajstić information content (AvgIpc) is 2.47. The van der Waals surface area contributed by atoms with Gasteiger partial charge in [0.15, 0.2) is 11.5 Å². The van der Waals surface area contributed by atoms with Gasteiger partial charge in [-0.3, -0.25) is 4.79 Å². The molecule has 1 aromatic carbocycles. The van der Waals surface area contributed by atoms with Crippen LogP contribution in [0.5, 0.6) is 11.5 Å². The predicted molar refractivity (Wildman–Crippen MR) is 78.3 cm³/mol. The molecule has 134 valence electrons. The molecule has 1 aromatic rings. The van der Waals surface area contributed by atoms with E-state index in [2.05, 4.69) is 0 Å². The lowest BCUT2D eigenvalue weighted by Crippen LogP contribution is -2.43. The second kappa shape index (κ2) is 8.42. The smallest absolute Gasteiger partial charge is 0.391 e. The van der Waals surface area contributed by atoms with Gasteiger partial charge in [-0.2, -0.15) is 13.2 Å². The first kappa shape index (κ1) is 19.6. The maximum absolute atomic E-state index is 12.4. The first-order valence-electron chi connectivity index (χ1n) is 7.18. The Labute approximate surface area is 136 Å². The standard InChI is InChI=1S/C15H18F3NO5/c1-3-23-11-6-5-9(7-12(11)24-4-2)13(20)19-10(14(21)22)8-15(16,17)18/h5-7,10H,3-4,8H2,1-2H3,(H,19,20)(H,21,22). The van der Waals surface area contributed by atoms with E-state index < -0.39 is 30.5 Å². The van der Waals surface area contributed by atoms with E-state index in [4.69, 9.17) is 14.6 Å². The lowest BCUT2D eigenvalue weighted by atomic mass is 10.1. The lowest BCUT2D eigenvalue weighted by molar-refractivity contribution is -0.157. The fraction of sp³-hybridized carbons (Fsp3) is 0.467. The number of aliphatic carboxylic acids is 1. The van der Waals surface area contributed by atoms with E-state index in [0.717, 1.165) is 0 Å². The number of rotatable bonds is 8. The van der Waals surface area contributed by atoms with Crippen molar-refractivity contribution < 1.29 is 37.3 Å². The highest BCUT2D eigenvalue weighted by Gasteiger charge is 2.36. The number of hydrogen-bond acceptors (Lipinski definition) is 4. The second-order valence-corrected chi connectivity index (χ2v) is 4.71. The van der Waals surface area contributed by atoms with Gasteiger partial charge >= 0.3 is 12.1 Å². The summed E-state index contributed by atoms with van der Waals surface area (Å²) in [5.41, 5.74) is -0.0321. The van der Waals surface area contributed by atoms with Gasteiger partial charge in [-0.15, -0.1) is 0 Å². The van der Waals surface area contributed by atoms with Gasteiger partial charge < -0.3 is 19.9 Å². The molecule has 24 heavy (non-hydrogen) atoms. The maximum Gasteiger partial charge on any atom is 0.391 e. The van der Waals surface area contributed by atoms with Gasteiger partial charge in [0.25, 0.3) is 5.91 Å². The van der Waals surface area contributed by atoms with Gasteiger partial charge in [0.2, 0.25) is 0 Å². The van der Waals surface area contributed by atoms with Crippen molar-refractivity contribution in [2.75, 3.05) is 13.2 Å². The molecule has 0 aromatic heterocycles. The number of nitrogens with one attached hydrogen (secondary N) is 1. The number of ether oxygens (including phenoxy) is 2. The lowest BCUT2D eigenvalue weighted by Gasteiger charge is -2.17. The fourth-order valence-corrected chi connectivity index (χ4v) is 1.87. The van der Waals surface area contributed by atoms with E-state index >= 15 is 0 Å². The van der Waals surface area contributed by atoms with Crippen LogP contribution in [-0.4, -0.2) is 42.4 Å². The Morgan fingerprint density at radius 1 is 1.17 bits per heavy atom. The van der Waals surface area contributed by atoms with E-state index in [0.29, 0.717) is 12.4 Å². The number of halogens is 3. The Hall–Kier alpha value is -2.45. The van der Waals surface area contributed by atoms with Crippen LogP contribution in [-0.2, 0) is 4.79 Å². The molecule has 6 nitrogen and oxygen atoms in total. The van der Waals surface area contributed by atoms with Crippen LogP contribution < -0.4 is 14.8 Å². The Kier molecular flexibility index (Phi) is 6.87. The van der Waals surface area contributed by atoms with E-state index in [-0.39, 0.29) is 17.9 Å². The summed E-state index contributed by atoms with van der Waals surface area (Å²) in [6.07, 6.45) is -6.38. The molecule has 0 aliphatic rings. The molecule has 1 rings (SSSR count). The van der Waals surface area contributed by atoms with Crippen molar-refractivity contribution in [1.29, 1.82) is 0 Å². The third-order valence-corrected chi connectivity index (χ3v) is 2.84. The average molecular weight is 349 g/mol. The van der Waals surface area contributed by atoms with Crippen LogP contribution >= 0.6 is 0 Å². The highest BCUT2D eigenvalue weighted by atomic mass is 19.4. The summed E-state index contributed by atoms with van der Waals surface area (Å²) < 4.78 is 47.7. The monoisotopic (exact) mass is 349 g/mol. The van der Waals surface area contributed by atoms with Crippen LogP contribution in [0.3, 0.4) is 0 Å². The molecular weight excluding hydrogens is 331 g/mol. The van der Waals surface area contributed by atoms with Crippen molar-refractivity contribution in [3.63, 3.8) is 0 Å². The maximum atomic E-state index is 12.4. The Balaban J connectivity index is 2.96. The van der Waals surface area contributed by atoms with E-state index in [1.807, 2.05) is 5.32 Å². The minimum Gasteiger partial charge on any atom is -0.490 e. The molecule has 1 atom stereocenters. The Morgan fingerprint density at radius 2 is 1.75 bits per heavy atom. The van der Waals surface area contributed by atoms with Crippen LogP contribution in [0.15, 0.2) is 18.2 Å². The Bertz CT molecular complexity index is 589. The van der Waals surface area contributed by atoms with E-state index in [1.54, 1.807) is 13.8 Å².